The first-order valence-corrected chi connectivity index (χ1v) is 7.40. The van der Waals surface area contributed by atoms with Crippen LogP contribution in [0.3, 0.4) is 0 Å². The van der Waals surface area contributed by atoms with E-state index in [0.717, 1.165) is 32.1 Å². The molecule has 1 aromatic rings. The van der Waals surface area contributed by atoms with E-state index in [4.69, 9.17) is 0 Å². The van der Waals surface area contributed by atoms with Gasteiger partial charge in [0.1, 0.15) is 5.78 Å². The molecule has 18 heavy (non-hydrogen) atoms. The average Bonchev–Trinajstić information content (AvgIpc) is 2.89. The fourth-order valence-corrected chi connectivity index (χ4v) is 2.93. The molecule has 1 aromatic carbocycles. The molecule has 0 aliphatic heterocycles. The molecule has 0 amide bonds. The van der Waals surface area contributed by atoms with Gasteiger partial charge in [0.05, 0.1) is 0 Å². The van der Waals surface area contributed by atoms with Crippen LogP contribution < -0.4 is 0 Å². The number of Topliss-reactive ketones (excluding diaryl/α,β-unsaturated/α-hetero) is 1. The van der Waals surface area contributed by atoms with Crippen molar-refractivity contribution in [1.29, 1.82) is 0 Å². The molecule has 0 spiro atoms. The lowest BCUT2D eigenvalue weighted by atomic mass is 9.97. The zero-order valence-electron chi connectivity index (χ0n) is 11.2. The average molecular weight is 244 g/mol. The molecule has 1 aliphatic rings. The van der Waals surface area contributed by atoms with Gasteiger partial charge in [0.2, 0.25) is 0 Å². The molecular weight excluding hydrogens is 220 g/mol. The number of ketones is 1. The number of hydrogen-bond donors (Lipinski definition) is 0. The molecule has 0 unspecified atom stereocenters. The van der Waals surface area contributed by atoms with Crippen molar-refractivity contribution < 1.29 is 4.79 Å². The van der Waals surface area contributed by atoms with Crippen molar-refractivity contribution in [3.8, 4) is 0 Å². The number of carbonyl (C=O) groups is 1. The Labute approximate surface area is 111 Å². The fraction of sp³-hybridized carbons (Fsp3) is 0.588. The molecule has 1 saturated carbocycles. The molecule has 0 N–H and O–H groups in total. The summed E-state index contributed by atoms with van der Waals surface area (Å²) in [4.78, 5) is 11.8. The van der Waals surface area contributed by atoms with E-state index >= 15 is 0 Å². The second kappa shape index (κ2) is 7.35. The molecule has 1 aliphatic carbocycles. The number of hydrogen-bond acceptors (Lipinski definition) is 1. The standard InChI is InChI=1S/C17H24O/c18-17(14-16-11-4-5-12-16)13-7-6-10-15-8-2-1-3-9-15/h1-3,8-9,16H,4-7,10-14H2. The number of rotatable bonds is 7. The van der Waals surface area contributed by atoms with Gasteiger partial charge < -0.3 is 0 Å². The third-order valence-electron chi connectivity index (χ3n) is 4.00. The largest absolute Gasteiger partial charge is 0.300 e. The molecule has 0 saturated heterocycles. The van der Waals surface area contributed by atoms with Gasteiger partial charge in [-0.25, -0.2) is 0 Å². The zero-order chi connectivity index (χ0) is 12.6. The molecule has 0 radical (unpaired) electrons. The maximum Gasteiger partial charge on any atom is 0.133 e. The minimum Gasteiger partial charge on any atom is -0.300 e. The summed E-state index contributed by atoms with van der Waals surface area (Å²) in [5.74, 6) is 1.21. The van der Waals surface area contributed by atoms with Crippen molar-refractivity contribution in [2.45, 2.75) is 57.8 Å². The maximum atomic E-state index is 11.8. The summed E-state index contributed by atoms with van der Waals surface area (Å²) in [6.07, 6.45) is 10.2. The van der Waals surface area contributed by atoms with E-state index in [0.29, 0.717) is 11.7 Å². The third-order valence-corrected chi connectivity index (χ3v) is 4.00. The molecule has 98 valence electrons. The lowest BCUT2D eigenvalue weighted by Crippen LogP contribution is -2.05. The predicted molar refractivity (Wildman–Crippen MR) is 75.6 cm³/mol. The van der Waals surface area contributed by atoms with Crippen LogP contribution in [0.1, 0.15) is 56.9 Å². The summed E-state index contributed by atoms with van der Waals surface area (Å²) >= 11 is 0. The van der Waals surface area contributed by atoms with Crippen LogP contribution in [0, 0.1) is 5.92 Å². The molecule has 1 fully saturated rings. The highest BCUT2D eigenvalue weighted by atomic mass is 16.1. The van der Waals surface area contributed by atoms with Crippen LogP contribution in [0.2, 0.25) is 0 Å². The van der Waals surface area contributed by atoms with E-state index < -0.39 is 0 Å². The van der Waals surface area contributed by atoms with E-state index in [-0.39, 0.29) is 0 Å². The van der Waals surface area contributed by atoms with Gasteiger partial charge in [-0.2, -0.15) is 0 Å². The van der Waals surface area contributed by atoms with Crippen LogP contribution in [0.5, 0.6) is 0 Å². The molecular formula is C17H24O. The normalized spacial score (nSPS) is 16.0. The van der Waals surface area contributed by atoms with E-state index in [1.54, 1.807) is 0 Å². The van der Waals surface area contributed by atoms with E-state index in [1.807, 2.05) is 0 Å². The number of benzene rings is 1. The van der Waals surface area contributed by atoms with E-state index in [2.05, 4.69) is 30.3 Å². The third kappa shape index (κ3) is 4.64. The Hall–Kier alpha value is -1.11. The van der Waals surface area contributed by atoms with Gasteiger partial charge in [0.25, 0.3) is 0 Å². The van der Waals surface area contributed by atoms with Gasteiger partial charge in [-0.15, -0.1) is 0 Å². The number of unbranched alkanes of at least 4 members (excludes halogenated alkanes) is 1. The van der Waals surface area contributed by atoms with Crippen LogP contribution in [0.15, 0.2) is 30.3 Å². The SMILES string of the molecule is O=C(CCCCc1ccccc1)CC1CCCC1. The van der Waals surface area contributed by atoms with Crippen molar-refractivity contribution in [3.05, 3.63) is 35.9 Å². The summed E-state index contributed by atoms with van der Waals surface area (Å²) in [6.45, 7) is 0. The molecule has 0 heterocycles. The summed E-state index contributed by atoms with van der Waals surface area (Å²) in [6, 6.07) is 10.6. The summed E-state index contributed by atoms with van der Waals surface area (Å²) < 4.78 is 0. The quantitative estimate of drug-likeness (QED) is 0.643. The zero-order valence-corrected chi connectivity index (χ0v) is 11.2. The Kier molecular flexibility index (Phi) is 5.44. The van der Waals surface area contributed by atoms with Gasteiger partial charge in [-0.1, -0.05) is 56.0 Å². The lowest BCUT2D eigenvalue weighted by Gasteiger charge is -2.07. The topological polar surface area (TPSA) is 17.1 Å². The number of carbonyl (C=O) groups excluding carboxylic acids is 1. The predicted octanol–water partition coefficient (Wildman–Crippen LogP) is 4.55. The first kappa shape index (κ1) is 13.3. The summed E-state index contributed by atoms with van der Waals surface area (Å²) in [5, 5.41) is 0. The van der Waals surface area contributed by atoms with Gasteiger partial charge in [0, 0.05) is 12.8 Å². The Morgan fingerprint density at radius 3 is 2.50 bits per heavy atom. The fourth-order valence-electron chi connectivity index (χ4n) is 2.93. The second-order valence-electron chi connectivity index (χ2n) is 5.59. The Balaban J connectivity index is 1.56. The Morgan fingerprint density at radius 1 is 1.06 bits per heavy atom. The first-order chi connectivity index (χ1) is 8.84. The van der Waals surface area contributed by atoms with Gasteiger partial charge in [-0.05, 0) is 30.7 Å². The summed E-state index contributed by atoms with van der Waals surface area (Å²) in [7, 11) is 0. The van der Waals surface area contributed by atoms with Gasteiger partial charge in [-0.3, -0.25) is 4.79 Å². The second-order valence-corrected chi connectivity index (χ2v) is 5.59. The maximum absolute atomic E-state index is 11.8. The molecule has 0 aromatic heterocycles. The van der Waals surface area contributed by atoms with Crippen LogP contribution in [0.25, 0.3) is 0 Å². The molecule has 1 nitrogen and oxygen atoms in total. The Morgan fingerprint density at radius 2 is 1.78 bits per heavy atom. The lowest BCUT2D eigenvalue weighted by molar-refractivity contribution is -0.120. The van der Waals surface area contributed by atoms with Crippen LogP contribution >= 0.6 is 0 Å². The van der Waals surface area contributed by atoms with Crippen LogP contribution in [0.4, 0.5) is 0 Å². The molecule has 0 bridgehead atoms. The van der Waals surface area contributed by atoms with Crippen molar-refractivity contribution in [2.24, 2.45) is 5.92 Å². The van der Waals surface area contributed by atoms with Crippen molar-refractivity contribution in [3.63, 3.8) is 0 Å². The highest BCUT2D eigenvalue weighted by Gasteiger charge is 2.17. The van der Waals surface area contributed by atoms with Crippen molar-refractivity contribution in [2.75, 3.05) is 0 Å². The van der Waals surface area contributed by atoms with Crippen molar-refractivity contribution in [1.82, 2.24) is 0 Å². The highest BCUT2D eigenvalue weighted by Crippen LogP contribution is 2.28. The molecule has 2 rings (SSSR count). The van der Waals surface area contributed by atoms with Crippen LogP contribution in [-0.4, -0.2) is 5.78 Å². The smallest absolute Gasteiger partial charge is 0.133 e. The van der Waals surface area contributed by atoms with Gasteiger partial charge >= 0.3 is 0 Å². The minimum absolute atomic E-state index is 0.495. The molecule has 1 heteroatoms. The molecule has 0 atom stereocenters. The highest BCUT2D eigenvalue weighted by molar-refractivity contribution is 5.78. The van der Waals surface area contributed by atoms with E-state index in [1.165, 1.54) is 31.2 Å². The first-order valence-electron chi connectivity index (χ1n) is 7.40. The van der Waals surface area contributed by atoms with E-state index in [9.17, 15) is 4.79 Å². The van der Waals surface area contributed by atoms with Crippen molar-refractivity contribution >= 4 is 5.78 Å². The monoisotopic (exact) mass is 244 g/mol. The number of aryl methyl sites for hydroxylation is 1. The minimum atomic E-state index is 0.495. The van der Waals surface area contributed by atoms with Gasteiger partial charge in [0.15, 0.2) is 0 Å². The Bertz CT molecular complexity index is 349. The van der Waals surface area contributed by atoms with Crippen LogP contribution in [-0.2, 0) is 11.2 Å². The summed E-state index contributed by atoms with van der Waals surface area (Å²) in [5.41, 5.74) is 1.39.